The summed E-state index contributed by atoms with van der Waals surface area (Å²) in [7, 11) is 3.16. The lowest BCUT2D eigenvalue weighted by Gasteiger charge is -2.37. The maximum Gasteiger partial charge on any atom is 0.330 e. The summed E-state index contributed by atoms with van der Waals surface area (Å²) in [6.45, 7) is 2.31. The van der Waals surface area contributed by atoms with Crippen LogP contribution < -0.4 is 32.0 Å². The van der Waals surface area contributed by atoms with E-state index in [1.807, 2.05) is 78.9 Å². The molecule has 59 heavy (non-hydrogen) atoms. The van der Waals surface area contributed by atoms with Crippen molar-refractivity contribution in [1.29, 1.82) is 0 Å². The van der Waals surface area contributed by atoms with Crippen molar-refractivity contribution in [2.75, 3.05) is 34.2 Å². The van der Waals surface area contributed by atoms with Gasteiger partial charge in [-0.3, -0.25) is 28.7 Å². The Bertz CT molecular complexity index is 2400. The van der Waals surface area contributed by atoms with Gasteiger partial charge in [-0.1, -0.05) is 54.6 Å². The smallest absolute Gasteiger partial charge is 0.330 e. The Morgan fingerprint density at radius 2 is 1.25 bits per heavy atom. The fraction of sp³-hybridized carbons (Fsp3) is 0.381. The zero-order valence-electron chi connectivity index (χ0n) is 32.8. The van der Waals surface area contributed by atoms with Gasteiger partial charge < -0.3 is 43.4 Å². The second-order valence-electron chi connectivity index (χ2n) is 14.4. The van der Waals surface area contributed by atoms with E-state index in [9.17, 15) is 29.4 Å². The molecule has 3 aromatic carbocycles. The number of benzene rings is 3. The number of aliphatic hydroxyl groups excluding tert-OH is 2. The summed E-state index contributed by atoms with van der Waals surface area (Å²) in [4.78, 5) is 54.1. The van der Waals surface area contributed by atoms with Crippen molar-refractivity contribution in [2.45, 2.75) is 68.8 Å². The molecule has 7 atom stereocenters. The molecular weight excluding hydrogens is 768 g/mol. The molecular formula is C42H46N4O13. The fourth-order valence-corrected chi connectivity index (χ4v) is 7.47. The summed E-state index contributed by atoms with van der Waals surface area (Å²) in [6.07, 6.45) is -4.92. The number of ether oxygens (including phenoxy) is 7. The number of rotatable bonds is 15. The quantitative estimate of drug-likeness (QED) is 0.0677. The highest BCUT2D eigenvalue weighted by Crippen LogP contribution is 2.43. The van der Waals surface area contributed by atoms with E-state index in [0.717, 1.165) is 21.3 Å². The van der Waals surface area contributed by atoms with Crippen LogP contribution in [0.5, 0.6) is 11.5 Å². The van der Waals surface area contributed by atoms with Crippen molar-refractivity contribution in [3.05, 3.63) is 161 Å². The number of aliphatic hydroxyl groups is 2. The Morgan fingerprint density at radius 1 is 0.712 bits per heavy atom. The predicted octanol–water partition coefficient (Wildman–Crippen LogP) is 2.00. The van der Waals surface area contributed by atoms with E-state index in [4.69, 9.17) is 33.2 Å². The molecule has 5 aromatic rings. The first-order valence-corrected chi connectivity index (χ1v) is 18.9. The van der Waals surface area contributed by atoms with Gasteiger partial charge in [0.1, 0.15) is 54.5 Å². The Morgan fingerprint density at radius 3 is 1.83 bits per heavy atom. The summed E-state index contributed by atoms with van der Waals surface area (Å²) in [5.74, 6) is 1.27. The van der Waals surface area contributed by atoms with Crippen LogP contribution in [-0.4, -0.2) is 94.1 Å². The van der Waals surface area contributed by atoms with E-state index < -0.39 is 77.9 Å². The highest BCUT2D eigenvalue weighted by Gasteiger charge is 2.48. The van der Waals surface area contributed by atoms with Crippen molar-refractivity contribution in [3.63, 3.8) is 0 Å². The molecule has 0 aliphatic carbocycles. The van der Waals surface area contributed by atoms with Crippen molar-refractivity contribution in [3.8, 4) is 11.5 Å². The van der Waals surface area contributed by atoms with Gasteiger partial charge >= 0.3 is 11.4 Å². The molecule has 0 saturated carbocycles. The number of hydrogen-bond donors (Lipinski definition) is 4. The molecule has 7 rings (SSSR count). The van der Waals surface area contributed by atoms with Gasteiger partial charge in [-0.15, -0.1) is 0 Å². The van der Waals surface area contributed by atoms with Crippen LogP contribution in [0, 0.1) is 13.8 Å². The third-order valence-corrected chi connectivity index (χ3v) is 10.7. The molecule has 4 N–H and O–H groups in total. The van der Waals surface area contributed by atoms with Gasteiger partial charge in [-0.2, -0.15) is 0 Å². The van der Waals surface area contributed by atoms with Gasteiger partial charge in [0.05, 0.1) is 33.5 Å². The first-order valence-electron chi connectivity index (χ1n) is 18.9. The summed E-state index contributed by atoms with van der Waals surface area (Å²) < 4.78 is 44.5. The van der Waals surface area contributed by atoms with Crippen LogP contribution in [0.25, 0.3) is 0 Å². The minimum Gasteiger partial charge on any atom is -0.497 e. The number of aryl methyl sites for hydroxylation is 2. The third kappa shape index (κ3) is 8.44. The van der Waals surface area contributed by atoms with Crippen LogP contribution in [0.1, 0.15) is 46.7 Å². The Hall–Kier alpha value is -5.66. The van der Waals surface area contributed by atoms with Crippen LogP contribution in [0.4, 0.5) is 0 Å². The molecule has 2 aliphatic rings. The zero-order valence-corrected chi connectivity index (χ0v) is 32.8. The number of aromatic nitrogens is 4. The summed E-state index contributed by atoms with van der Waals surface area (Å²) in [5, 5.41) is 22.5. The van der Waals surface area contributed by atoms with Gasteiger partial charge in [0.25, 0.3) is 11.1 Å². The number of nitrogens with zero attached hydrogens (tertiary/aromatic N) is 2. The van der Waals surface area contributed by atoms with Gasteiger partial charge in [-0.25, -0.2) is 9.59 Å². The molecule has 0 radical (unpaired) electrons. The van der Waals surface area contributed by atoms with Crippen LogP contribution in [-0.2, 0) is 29.3 Å². The predicted molar refractivity (Wildman–Crippen MR) is 211 cm³/mol. The van der Waals surface area contributed by atoms with Crippen molar-refractivity contribution in [2.24, 2.45) is 0 Å². The second-order valence-corrected chi connectivity index (χ2v) is 14.4. The molecule has 17 heteroatoms. The first kappa shape index (κ1) is 41.5. The minimum absolute atomic E-state index is 0.0649. The van der Waals surface area contributed by atoms with Crippen molar-refractivity contribution < 1.29 is 43.4 Å². The van der Waals surface area contributed by atoms with Crippen LogP contribution in [0.15, 0.2) is 110 Å². The van der Waals surface area contributed by atoms with E-state index in [-0.39, 0.29) is 25.2 Å². The maximum atomic E-state index is 13.1. The number of methoxy groups -OCH3 is 2. The van der Waals surface area contributed by atoms with Crippen molar-refractivity contribution in [1.82, 2.24) is 19.1 Å². The lowest BCUT2D eigenvalue weighted by molar-refractivity contribution is -0.159. The monoisotopic (exact) mass is 814 g/mol. The number of aromatic amines is 2. The largest absolute Gasteiger partial charge is 0.497 e. The van der Waals surface area contributed by atoms with E-state index in [0.29, 0.717) is 17.1 Å². The minimum atomic E-state index is -1.46. The standard InChI is InChI=1S/C42H46N4O13/c1-24-19-45(40(51)43-37(24)49)34-18-31(47)32(58-34)21-55-23-56-36-33(59-39(35(36)48)46-20-25(2)38(50)44-41(46)52)22-57-42(26-8-6-5-7-9-26,27-10-14-29(53-3)15-11-27)28-12-16-30(54-4)17-13-28/h5-17,19-20,31-36,39,47-48H,18,21-23H2,1-4H3,(H,43,49,51)(H,44,50,52)/t31?,32-,33-,34-,35?,36?,39-/m1/s1. The third-order valence-electron chi connectivity index (χ3n) is 10.7. The van der Waals surface area contributed by atoms with Crippen molar-refractivity contribution >= 4 is 0 Å². The molecule has 2 aromatic heterocycles. The molecule has 2 saturated heterocycles. The SMILES string of the molecule is COc1ccc(C(OC[C@H]2O[C@@H](n3cc(C)c(=O)[nH]c3=O)C(O)C2OCOC[C@H]2O[C@@H](n3cc(C)c(=O)[nH]c3=O)CC2O)(c2ccccc2)c2ccc(OC)cc2)cc1. The zero-order chi connectivity index (χ0) is 41.8. The van der Waals surface area contributed by atoms with E-state index in [1.165, 1.54) is 23.9 Å². The molecule has 2 aliphatic heterocycles. The van der Waals surface area contributed by atoms with Crippen LogP contribution in [0.3, 0.4) is 0 Å². The average Bonchev–Trinajstić information content (AvgIpc) is 3.77. The van der Waals surface area contributed by atoms with Crippen LogP contribution in [0.2, 0.25) is 0 Å². The van der Waals surface area contributed by atoms with E-state index in [2.05, 4.69) is 9.97 Å². The summed E-state index contributed by atoms with van der Waals surface area (Å²) in [5.41, 5.74) is -1.05. The molecule has 0 amide bonds. The average molecular weight is 815 g/mol. The summed E-state index contributed by atoms with van der Waals surface area (Å²) in [6, 6.07) is 24.4. The molecule has 4 heterocycles. The Balaban J connectivity index is 1.16. The molecule has 2 fully saturated rings. The highest BCUT2D eigenvalue weighted by atomic mass is 16.7. The lowest BCUT2D eigenvalue weighted by Crippen LogP contribution is -2.42. The number of H-pyrrole nitrogens is 2. The Kier molecular flexibility index (Phi) is 12.4. The lowest BCUT2D eigenvalue weighted by atomic mass is 9.80. The maximum absolute atomic E-state index is 13.1. The van der Waals surface area contributed by atoms with E-state index in [1.54, 1.807) is 21.1 Å². The normalized spacial score (nSPS) is 23.1. The number of hydrogen-bond acceptors (Lipinski definition) is 13. The topological polar surface area (TPSA) is 215 Å². The van der Waals surface area contributed by atoms with Gasteiger partial charge in [-0.05, 0) is 54.8 Å². The Labute approximate surface area is 337 Å². The molecule has 3 unspecified atom stereocenters. The number of nitrogens with one attached hydrogen (secondary N) is 2. The molecule has 17 nitrogen and oxygen atoms in total. The highest BCUT2D eigenvalue weighted by molar-refractivity contribution is 5.49. The first-order chi connectivity index (χ1) is 28.4. The molecule has 0 bridgehead atoms. The van der Waals surface area contributed by atoms with Gasteiger partial charge in [0.15, 0.2) is 6.23 Å². The van der Waals surface area contributed by atoms with Gasteiger partial charge in [0, 0.05) is 29.9 Å². The summed E-state index contributed by atoms with van der Waals surface area (Å²) >= 11 is 0. The molecule has 0 spiro atoms. The van der Waals surface area contributed by atoms with E-state index >= 15 is 0 Å². The van der Waals surface area contributed by atoms with Crippen LogP contribution >= 0.6 is 0 Å². The van der Waals surface area contributed by atoms with Gasteiger partial charge in [0.2, 0.25) is 0 Å². The second kappa shape index (κ2) is 17.7. The molecule has 312 valence electrons. The fourth-order valence-electron chi connectivity index (χ4n) is 7.47.